The van der Waals surface area contributed by atoms with Crippen LogP contribution in [0.1, 0.15) is 48.5 Å². The molecule has 0 aliphatic heterocycles. The van der Waals surface area contributed by atoms with Gasteiger partial charge >= 0.3 is 0 Å². The molecule has 3 heteroatoms. The molecule has 0 radical (unpaired) electrons. The van der Waals surface area contributed by atoms with Gasteiger partial charge in [-0.05, 0) is 32.4 Å². The summed E-state index contributed by atoms with van der Waals surface area (Å²) in [6.45, 7) is 17.7. The highest BCUT2D eigenvalue weighted by Gasteiger charge is 2.40. The quantitative estimate of drug-likeness (QED) is 0.544. The van der Waals surface area contributed by atoms with E-state index in [1.807, 2.05) is 0 Å². The van der Waals surface area contributed by atoms with E-state index in [2.05, 4.69) is 58.8 Å². The molecule has 0 amide bonds. The maximum atomic E-state index is 5.72. The number of nitrogens with zero attached hydrogens (tertiary/aromatic N) is 1. The van der Waals surface area contributed by atoms with Crippen LogP contribution in [0.25, 0.3) is 0 Å². The average Bonchev–Trinajstić information content (AvgIpc) is 2.03. The summed E-state index contributed by atoms with van der Waals surface area (Å²) >= 11 is 0. The maximum absolute atomic E-state index is 5.72. The lowest BCUT2D eigenvalue weighted by molar-refractivity contribution is 0.0423. The fourth-order valence-electron chi connectivity index (χ4n) is 2.73. The molecule has 0 saturated carbocycles. The summed E-state index contributed by atoms with van der Waals surface area (Å²) in [5.74, 6) is 5.72. The highest BCUT2D eigenvalue weighted by Crippen LogP contribution is 2.31. The molecule has 0 aliphatic carbocycles. The summed E-state index contributed by atoms with van der Waals surface area (Å²) in [6.07, 6.45) is 0. The Morgan fingerprint density at radius 1 is 1.07 bits per heavy atom. The number of nitrogens with two attached hydrogens (primary N) is 1. The minimum atomic E-state index is 0.0660. The first kappa shape index (κ1) is 14.9. The van der Waals surface area contributed by atoms with Gasteiger partial charge in [0.05, 0.1) is 0 Å². The van der Waals surface area contributed by atoms with Gasteiger partial charge in [-0.2, -0.15) is 0 Å². The molecule has 1 atom stereocenters. The number of rotatable bonds is 5. The van der Waals surface area contributed by atoms with Gasteiger partial charge in [-0.15, -0.1) is 0 Å². The fraction of sp³-hybridized carbons (Fsp3) is 1.00. The predicted octanol–water partition coefficient (Wildman–Crippen LogP) is 1.98. The van der Waals surface area contributed by atoms with Gasteiger partial charge in [-0.1, -0.05) is 34.6 Å². The first-order chi connectivity index (χ1) is 6.71. The van der Waals surface area contributed by atoms with E-state index in [-0.39, 0.29) is 17.0 Å². The minimum Gasteiger partial charge on any atom is -0.297 e. The molecule has 0 aliphatic rings. The third-order valence-corrected chi connectivity index (χ3v) is 3.32. The van der Waals surface area contributed by atoms with Crippen LogP contribution in [0.4, 0.5) is 0 Å². The van der Waals surface area contributed by atoms with E-state index in [1.54, 1.807) is 0 Å². The van der Waals surface area contributed by atoms with Crippen LogP contribution in [0.15, 0.2) is 0 Å². The molecule has 3 N–H and O–H groups in total. The van der Waals surface area contributed by atoms with Gasteiger partial charge in [0.2, 0.25) is 0 Å². The molecule has 15 heavy (non-hydrogen) atoms. The van der Waals surface area contributed by atoms with Crippen molar-refractivity contribution in [1.82, 2.24) is 10.3 Å². The second-order valence-corrected chi connectivity index (χ2v) is 5.79. The Morgan fingerprint density at radius 3 is 1.67 bits per heavy atom. The molecule has 0 aromatic rings. The van der Waals surface area contributed by atoms with Crippen LogP contribution in [-0.2, 0) is 0 Å². The molecule has 0 fully saturated rings. The fourth-order valence-corrected chi connectivity index (χ4v) is 2.73. The topological polar surface area (TPSA) is 41.3 Å². The first-order valence-electron chi connectivity index (χ1n) is 5.92. The molecule has 0 aromatic carbocycles. The summed E-state index contributed by atoms with van der Waals surface area (Å²) in [5, 5.41) is 0. The molecule has 0 aromatic heterocycles. The van der Waals surface area contributed by atoms with Crippen molar-refractivity contribution in [2.45, 2.75) is 60.0 Å². The first-order valence-corrected chi connectivity index (χ1v) is 5.92. The Labute approximate surface area is 95.4 Å². The van der Waals surface area contributed by atoms with Gasteiger partial charge in [-0.3, -0.25) is 16.2 Å². The van der Waals surface area contributed by atoms with Crippen molar-refractivity contribution in [3.8, 4) is 0 Å². The van der Waals surface area contributed by atoms with Crippen molar-refractivity contribution < 1.29 is 0 Å². The largest absolute Gasteiger partial charge is 0.297 e. The minimum absolute atomic E-state index is 0.0660. The molecule has 92 valence electrons. The Bertz CT molecular complexity index is 178. The van der Waals surface area contributed by atoms with Gasteiger partial charge < -0.3 is 0 Å². The Hall–Kier alpha value is -0.120. The van der Waals surface area contributed by atoms with Crippen LogP contribution in [0.3, 0.4) is 0 Å². The second-order valence-electron chi connectivity index (χ2n) is 5.79. The van der Waals surface area contributed by atoms with Crippen LogP contribution < -0.4 is 11.3 Å². The molecular formula is C12H29N3. The van der Waals surface area contributed by atoms with Crippen molar-refractivity contribution in [2.75, 3.05) is 13.1 Å². The zero-order valence-electron chi connectivity index (χ0n) is 11.5. The third-order valence-electron chi connectivity index (χ3n) is 3.32. The molecule has 0 heterocycles. The third kappa shape index (κ3) is 3.44. The predicted molar refractivity (Wildman–Crippen MR) is 67.6 cm³/mol. The van der Waals surface area contributed by atoms with Crippen molar-refractivity contribution in [3.05, 3.63) is 0 Å². The van der Waals surface area contributed by atoms with Gasteiger partial charge in [0.1, 0.15) is 0 Å². The monoisotopic (exact) mass is 215 g/mol. The molecule has 0 spiro atoms. The lowest BCUT2D eigenvalue weighted by atomic mass is 9.75. The van der Waals surface area contributed by atoms with E-state index in [1.165, 1.54) is 0 Å². The molecule has 0 saturated heterocycles. The normalized spacial score (nSPS) is 15.8. The molecule has 0 bridgehead atoms. The standard InChI is InChI=1S/C12H29N3/c1-8-15(9-2)12(6,7)10(14-13)11(3,4)5/h10,14H,8-9,13H2,1-7H3. The van der Waals surface area contributed by atoms with E-state index in [4.69, 9.17) is 5.84 Å². The Balaban J connectivity index is 4.95. The lowest BCUT2D eigenvalue weighted by Gasteiger charge is -2.48. The summed E-state index contributed by atoms with van der Waals surface area (Å²) in [6, 6.07) is 0.268. The highest BCUT2D eigenvalue weighted by atomic mass is 15.3. The molecule has 1 unspecified atom stereocenters. The summed E-state index contributed by atoms with van der Waals surface area (Å²) in [4.78, 5) is 2.45. The van der Waals surface area contributed by atoms with Crippen molar-refractivity contribution >= 4 is 0 Å². The summed E-state index contributed by atoms with van der Waals surface area (Å²) < 4.78 is 0. The summed E-state index contributed by atoms with van der Waals surface area (Å²) in [5.41, 5.74) is 3.21. The number of nitrogens with one attached hydrogen (secondary N) is 1. The van der Waals surface area contributed by atoms with Crippen LogP contribution in [0.2, 0.25) is 0 Å². The lowest BCUT2D eigenvalue weighted by Crippen LogP contribution is -2.64. The molecular weight excluding hydrogens is 186 g/mol. The maximum Gasteiger partial charge on any atom is 0.0437 e. The Kier molecular flexibility index (Phi) is 5.24. The number of hydrogen-bond donors (Lipinski definition) is 2. The van der Waals surface area contributed by atoms with Gasteiger partial charge in [0.25, 0.3) is 0 Å². The summed E-state index contributed by atoms with van der Waals surface area (Å²) in [7, 11) is 0. The van der Waals surface area contributed by atoms with Crippen molar-refractivity contribution in [1.29, 1.82) is 0 Å². The second kappa shape index (κ2) is 5.28. The number of likely N-dealkylation sites (N-methyl/N-ethyl adjacent to an activating group) is 1. The van der Waals surface area contributed by atoms with Crippen molar-refractivity contribution in [3.63, 3.8) is 0 Å². The van der Waals surface area contributed by atoms with Crippen LogP contribution in [0, 0.1) is 5.41 Å². The van der Waals surface area contributed by atoms with Gasteiger partial charge in [0.15, 0.2) is 0 Å². The van der Waals surface area contributed by atoms with Gasteiger partial charge in [0, 0.05) is 11.6 Å². The molecule has 3 nitrogen and oxygen atoms in total. The highest BCUT2D eigenvalue weighted by molar-refractivity contribution is 4.98. The SMILES string of the molecule is CCN(CC)C(C)(C)C(NN)C(C)(C)C. The van der Waals surface area contributed by atoms with E-state index >= 15 is 0 Å². The van der Waals surface area contributed by atoms with Crippen molar-refractivity contribution in [2.24, 2.45) is 11.3 Å². The van der Waals surface area contributed by atoms with E-state index in [0.29, 0.717) is 0 Å². The van der Waals surface area contributed by atoms with Crippen LogP contribution in [0.5, 0.6) is 0 Å². The van der Waals surface area contributed by atoms with E-state index < -0.39 is 0 Å². The van der Waals surface area contributed by atoms with E-state index in [9.17, 15) is 0 Å². The van der Waals surface area contributed by atoms with Crippen LogP contribution >= 0.6 is 0 Å². The van der Waals surface area contributed by atoms with Crippen LogP contribution in [-0.4, -0.2) is 29.6 Å². The zero-order chi connectivity index (χ0) is 12.3. The smallest absolute Gasteiger partial charge is 0.0437 e. The average molecular weight is 215 g/mol. The Morgan fingerprint density at radius 2 is 1.47 bits per heavy atom. The number of hydrazine groups is 1. The van der Waals surface area contributed by atoms with E-state index in [0.717, 1.165) is 13.1 Å². The number of hydrogen-bond acceptors (Lipinski definition) is 3. The molecule has 0 rings (SSSR count). The zero-order valence-corrected chi connectivity index (χ0v) is 11.5. The van der Waals surface area contributed by atoms with Gasteiger partial charge in [-0.25, -0.2) is 0 Å².